The predicted octanol–water partition coefficient (Wildman–Crippen LogP) is 2.16. The normalized spacial score (nSPS) is 8.31. The first-order valence-corrected chi connectivity index (χ1v) is 3.79. The van der Waals surface area contributed by atoms with E-state index in [9.17, 15) is 0 Å². The van der Waals surface area contributed by atoms with Crippen LogP contribution in [0.4, 0.5) is 0 Å². The molecule has 0 fully saturated rings. The van der Waals surface area contributed by atoms with Crippen molar-refractivity contribution in [3.8, 4) is 11.8 Å². The van der Waals surface area contributed by atoms with Crippen molar-refractivity contribution in [3.05, 3.63) is 36.8 Å². The molecule has 1 radical (unpaired) electrons. The fraction of sp³-hybridized carbons (Fsp3) is 0.200. The van der Waals surface area contributed by atoms with E-state index in [0.29, 0.717) is 24.3 Å². The Morgan fingerprint density at radius 2 is 2.08 bits per heavy atom. The van der Waals surface area contributed by atoms with E-state index in [1.807, 2.05) is 12.1 Å². The Morgan fingerprint density at radius 3 is 2.69 bits per heavy atom. The van der Waals surface area contributed by atoms with Gasteiger partial charge in [0.2, 0.25) is 0 Å². The molecule has 0 bridgehead atoms. The van der Waals surface area contributed by atoms with Crippen LogP contribution in [-0.2, 0) is 16.8 Å². The summed E-state index contributed by atoms with van der Waals surface area (Å²) < 4.78 is 5.29. The standard InChI is InChI=1S/C10H10NO.Co/c1-2-7-12-10-6-4-3-5-9(10)8-11;/h3-6H,1-2,7H2;/q-1;. The number of para-hydroxylation sites is 1. The third-order valence-electron chi connectivity index (χ3n) is 1.41. The number of hydrogen-bond donors (Lipinski definition) is 0. The first kappa shape index (κ1) is 12.0. The molecule has 0 aliphatic rings. The molecule has 0 amide bonds. The van der Waals surface area contributed by atoms with Crippen molar-refractivity contribution in [1.82, 2.24) is 0 Å². The Kier molecular flexibility index (Phi) is 6.03. The van der Waals surface area contributed by atoms with E-state index in [0.717, 1.165) is 0 Å². The van der Waals surface area contributed by atoms with Crippen molar-refractivity contribution in [1.29, 1.82) is 5.26 Å². The Bertz CT molecular complexity index is 293. The Morgan fingerprint density at radius 1 is 1.38 bits per heavy atom. The summed E-state index contributed by atoms with van der Waals surface area (Å²) in [7, 11) is 0. The van der Waals surface area contributed by atoms with Gasteiger partial charge >= 0.3 is 0 Å². The zero-order chi connectivity index (χ0) is 8.81. The van der Waals surface area contributed by atoms with Gasteiger partial charge in [-0.1, -0.05) is 12.1 Å². The van der Waals surface area contributed by atoms with Gasteiger partial charge in [0.05, 0.1) is 12.2 Å². The van der Waals surface area contributed by atoms with Crippen molar-refractivity contribution < 1.29 is 21.5 Å². The molecular weight excluding hydrogens is 209 g/mol. The number of benzene rings is 1. The average molecular weight is 219 g/mol. The fourth-order valence-electron chi connectivity index (χ4n) is 0.867. The number of nitrogens with zero attached hydrogens (tertiary/aromatic N) is 1. The van der Waals surface area contributed by atoms with Crippen molar-refractivity contribution in [2.45, 2.75) is 6.42 Å². The minimum atomic E-state index is 0. The smallest absolute Gasteiger partial charge is 0.136 e. The summed E-state index contributed by atoms with van der Waals surface area (Å²) in [5.74, 6) is 0.642. The molecule has 1 aromatic rings. The molecule has 1 aromatic carbocycles. The summed E-state index contributed by atoms with van der Waals surface area (Å²) in [6, 6.07) is 9.24. The van der Waals surface area contributed by atoms with E-state index in [4.69, 9.17) is 10.00 Å². The van der Waals surface area contributed by atoms with Crippen LogP contribution in [0.5, 0.6) is 5.75 Å². The van der Waals surface area contributed by atoms with Crippen molar-refractivity contribution in [3.63, 3.8) is 0 Å². The summed E-state index contributed by atoms with van der Waals surface area (Å²) in [5.41, 5.74) is 0.575. The van der Waals surface area contributed by atoms with Crippen LogP contribution in [0.2, 0.25) is 0 Å². The summed E-state index contributed by atoms with van der Waals surface area (Å²) in [4.78, 5) is 0. The van der Waals surface area contributed by atoms with Crippen molar-refractivity contribution >= 4 is 0 Å². The molecule has 0 N–H and O–H groups in total. The van der Waals surface area contributed by atoms with E-state index in [1.165, 1.54) is 0 Å². The van der Waals surface area contributed by atoms with Gasteiger partial charge in [0.1, 0.15) is 11.8 Å². The molecule has 0 unspecified atom stereocenters. The molecule has 0 aromatic heterocycles. The quantitative estimate of drug-likeness (QED) is 0.730. The summed E-state index contributed by atoms with van der Waals surface area (Å²) in [6.07, 6.45) is 0.708. The van der Waals surface area contributed by atoms with E-state index in [-0.39, 0.29) is 16.8 Å². The SMILES string of the molecule is [CH2-]CCOc1ccccc1C#N.[Co]. The third kappa shape index (κ3) is 3.49. The van der Waals surface area contributed by atoms with Gasteiger partial charge in [0.15, 0.2) is 0 Å². The molecular formula is C10H10CoNO-. The van der Waals surface area contributed by atoms with Crippen LogP contribution in [0.1, 0.15) is 12.0 Å². The van der Waals surface area contributed by atoms with E-state index in [1.54, 1.807) is 12.1 Å². The number of hydrogen-bond acceptors (Lipinski definition) is 2. The summed E-state index contributed by atoms with van der Waals surface area (Å²) in [6.45, 7) is 4.20. The molecule has 2 nitrogen and oxygen atoms in total. The van der Waals surface area contributed by atoms with Gasteiger partial charge < -0.3 is 11.7 Å². The number of ether oxygens (including phenoxy) is 1. The zero-order valence-electron chi connectivity index (χ0n) is 7.12. The van der Waals surface area contributed by atoms with Crippen molar-refractivity contribution in [2.75, 3.05) is 6.61 Å². The molecule has 0 saturated carbocycles. The molecule has 13 heavy (non-hydrogen) atoms. The molecule has 0 aliphatic carbocycles. The molecule has 0 spiro atoms. The second-order valence-electron chi connectivity index (χ2n) is 2.31. The summed E-state index contributed by atoms with van der Waals surface area (Å²) >= 11 is 0. The first-order valence-electron chi connectivity index (χ1n) is 3.79. The van der Waals surface area contributed by atoms with Gasteiger partial charge in [-0.25, -0.2) is 0 Å². The van der Waals surface area contributed by atoms with Gasteiger partial charge in [0, 0.05) is 16.8 Å². The van der Waals surface area contributed by atoms with E-state index < -0.39 is 0 Å². The molecule has 0 aliphatic heterocycles. The maximum Gasteiger partial charge on any atom is 0.136 e. The molecule has 71 valence electrons. The molecule has 0 saturated heterocycles. The van der Waals surface area contributed by atoms with E-state index in [2.05, 4.69) is 13.0 Å². The maximum atomic E-state index is 8.67. The molecule has 0 heterocycles. The van der Waals surface area contributed by atoms with Gasteiger partial charge in [-0.2, -0.15) is 5.26 Å². The number of rotatable bonds is 3. The maximum absolute atomic E-state index is 8.67. The second kappa shape index (κ2) is 6.52. The minimum absolute atomic E-state index is 0. The first-order chi connectivity index (χ1) is 5.88. The third-order valence-corrected chi connectivity index (χ3v) is 1.41. The fourth-order valence-corrected chi connectivity index (χ4v) is 0.867. The average Bonchev–Trinajstić information content (AvgIpc) is 2.15. The van der Waals surface area contributed by atoms with Crippen LogP contribution in [0.3, 0.4) is 0 Å². The Balaban J connectivity index is 0.00000144. The van der Waals surface area contributed by atoms with Crippen LogP contribution in [0.15, 0.2) is 24.3 Å². The van der Waals surface area contributed by atoms with Gasteiger partial charge in [-0.05, 0) is 12.1 Å². The predicted molar refractivity (Wildman–Crippen MR) is 46.6 cm³/mol. The monoisotopic (exact) mass is 219 g/mol. The van der Waals surface area contributed by atoms with Crippen LogP contribution in [0, 0.1) is 18.3 Å². The Hall–Kier alpha value is -0.984. The van der Waals surface area contributed by atoms with Crippen LogP contribution in [0.25, 0.3) is 0 Å². The van der Waals surface area contributed by atoms with Crippen LogP contribution >= 0.6 is 0 Å². The molecule has 3 heteroatoms. The number of nitriles is 1. The van der Waals surface area contributed by atoms with Gasteiger partial charge in [-0.3, -0.25) is 0 Å². The van der Waals surface area contributed by atoms with E-state index >= 15 is 0 Å². The van der Waals surface area contributed by atoms with Gasteiger partial charge in [0.25, 0.3) is 0 Å². The zero-order valence-corrected chi connectivity index (χ0v) is 8.16. The largest absolute Gasteiger partial charge is 0.495 e. The summed E-state index contributed by atoms with van der Waals surface area (Å²) in [5, 5.41) is 8.67. The minimum Gasteiger partial charge on any atom is -0.495 e. The Labute approximate surface area is 88.7 Å². The van der Waals surface area contributed by atoms with Gasteiger partial charge in [-0.15, -0.1) is 6.42 Å². The topological polar surface area (TPSA) is 33.0 Å². The van der Waals surface area contributed by atoms with Crippen LogP contribution in [-0.4, -0.2) is 6.61 Å². The molecule has 1 rings (SSSR count). The van der Waals surface area contributed by atoms with Crippen molar-refractivity contribution in [2.24, 2.45) is 0 Å². The molecule has 0 atom stereocenters. The van der Waals surface area contributed by atoms with Crippen LogP contribution < -0.4 is 4.74 Å². The second-order valence-corrected chi connectivity index (χ2v) is 2.31.